The molecule has 130 valence electrons. The Bertz CT molecular complexity index is 640. The summed E-state index contributed by atoms with van der Waals surface area (Å²) in [4.78, 5) is 37.4. The molecule has 0 bridgehead atoms. The highest BCUT2D eigenvalue weighted by Crippen LogP contribution is 2.27. The van der Waals surface area contributed by atoms with E-state index < -0.39 is 17.4 Å². The zero-order valence-corrected chi connectivity index (χ0v) is 14.2. The van der Waals surface area contributed by atoms with Gasteiger partial charge in [-0.1, -0.05) is 0 Å². The monoisotopic (exact) mass is 333 g/mol. The molecule has 0 unspecified atom stereocenters. The number of nitrogens with one attached hydrogen (secondary N) is 1. The van der Waals surface area contributed by atoms with E-state index in [1.807, 2.05) is 6.92 Å². The Balaban J connectivity index is 2.05. The molecule has 7 heteroatoms. The fourth-order valence-corrected chi connectivity index (χ4v) is 2.49. The maximum atomic E-state index is 12.3. The van der Waals surface area contributed by atoms with Crippen molar-refractivity contribution < 1.29 is 19.1 Å². The molecule has 1 saturated heterocycles. The highest BCUT2D eigenvalue weighted by Gasteiger charge is 2.38. The Kier molecular flexibility index (Phi) is 5.11. The number of rotatable bonds is 6. The average molecular weight is 333 g/mol. The number of hydrogen-bond acceptors (Lipinski definition) is 4. The summed E-state index contributed by atoms with van der Waals surface area (Å²) in [7, 11) is 0. The predicted molar refractivity (Wildman–Crippen MR) is 89.5 cm³/mol. The lowest BCUT2D eigenvalue weighted by Gasteiger charge is -2.24. The summed E-state index contributed by atoms with van der Waals surface area (Å²) in [6.07, 6.45) is 0.105. The summed E-state index contributed by atoms with van der Waals surface area (Å²) >= 11 is 0. The van der Waals surface area contributed by atoms with Crippen LogP contribution in [0, 0.1) is 5.92 Å². The number of amides is 3. The van der Waals surface area contributed by atoms with Gasteiger partial charge in [-0.2, -0.15) is 0 Å². The molecule has 1 atom stereocenters. The second-order valence-electron chi connectivity index (χ2n) is 6.31. The van der Waals surface area contributed by atoms with E-state index in [9.17, 15) is 14.4 Å². The summed E-state index contributed by atoms with van der Waals surface area (Å²) in [6.45, 7) is 5.81. The molecular formula is C17H23N3O4. The van der Waals surface area contributed by atoms with Crippen molar-refractivity contribution in [1.82, 2.24) is 5.32 Å². The van der Waals surface area contributed by atoms with E-state index in [0.717, 1.165) is 5.75 Å². The Morgan fingerprint density at radius 3 is 2.50 bits per heavy atom. The third-order valence-corrected chi connectivity index (χ3v) is 4.01. The third-order valence-electron chi connectivity index (χ3n) is 4.01. The molecule has 0 saturated carbocycles. The van der Waals surface area contributed by atoms with Crippen LogP contribution < -0.4 is 20.7 Å². The molecular weight excluding hydrogens is 310 g/mol. The maximum absolute atomic E-state index is 12.3. The molecule has 2 rings (SSSR count). The number of benzene rings is 1. The van der Waals surface area contributed by atoms with Crippen molar-refractivity contribution in [3.63, 3.8) is 0 Å². The zero-order valence-electron chi connectivity index (χ0n) is 14.2. The van der Waals surface area contributed by atoms with Crippen LogP contribution in [0.5, 0.6) is 5.75 Å². The number of nitrogens with zero attached hydrogens (tertiary/aromatic N) is 1. The Hall–Kier alpha value is -2.57. The van der Waals surface area contributed by atoms with Crippen molar-refractivity contribution >= 4 is 23.4 Å². The van der Waals surface area contributed by atoms with Crippen LogP contribution in [0.15, 0.2) is 24.3 Å². The number of primary amides is 1. The van der Waals surface area contributed by atoms with Gasteiger partial charge in [0.2, 0.25) is 17.7 Å². The van der Waals surface area contributed by atoms with Gasteiger partial charge >= 0.3 is 0 Å². The molecule has 1 heterocycles. The first kappa shape index (κ1) is 17.8. The van der Waals surface area contributed by atoms with Crippen molar-refractivity contribution in [2.45, 2.75) is 32.7 Å². The minimum Gasteiger partial charge on any atom is -0.494 e. The zero-order chi connectivity index (χ0) is 17.9. The first-order valence-electron chi connectivity index (χ1n) is 7.89. The molecule has 0 aromatic heterocycles. The lowest BCUT2D eigenvalue weighted by Crippen LogP contribution is -2.54. The highest BCUT2D eigenvalue weighted by molar-refractivity contribution is 6.01. The van der Waals surface area contributed by atoms with Gasteiger partial charge in [-0.05, 0) is 45.0 Å². The molecule has 1 aromatic rings. The van der Waals surface area contributed by atoms with E-state index in [1.165, 1.54) is 13.8 Å². The van der Waals surface area contributed by atoms with Gasteiger partial charge in [0.05, 0.1) is 12.5 Å². The first-order valence-corrected chi connectivity index (χ1v) is 7.89. The van der Waals surface area contributed by atoms with Gasteiger partial charge in [-0.25, -0.2) is 0 Å². The lowest BCUT2D eigenvalue weighted by atomic mass is 10.0. The van der Waals surface area contributed by atoms with Gasteiger partial charge in [0.15, 0.2) is 0 Å². The molecule has 1 fully saturated rings. The van der Waals surface area contributed by atoms with Crippen LogP contribution >= 0.6 is 0 Å². The van der Waals surface area contributed by atoms with Crippen LogP contribution in [-0.2, 0) is 14.4 Å². The van der Waals surface area contributed by atoms with Gasteiger partial charge in [0, 0.05) is 18.7 Å². The van der Waals surface area contributed by atoms with Gasteiger partial charge in [-0.15, -0.1) is 0 Å². The van der Waals surface area contributed by atoms with Crippen molar-refractivity contribution in [3.05, 3.63) is 24.3 Å². The number of anilines is 1. The lowest BCUT2D eigenvalue weighted by molar-refractivity contribution is -0.132. The summed E-state index contributed by atoms with van der Waals surface area (Å²) in [6, 6.07) is 7.15. The molecule has 0 spiro atoms. The van der Waals surface area contributed by atoms with Crippen molar-refractivity contribution in [3.8, 4) is 5.75 Å². The van der Waals surface area contributed by atoms with Gasteiger partial charge in [0.25, 0.3) is 0 Å². The summed E-state index contributed by atoms with van der Waals surface area (Å²) in [5.74, 6) is -0.881. The van der Waals surface area contributed by atoms with E-state index >= 15 is 0 Å². The van der Waals surface area contributed by atoms with Crippen LogP contribution in [0.2, 0.25) is 0 Å². The number of carbonyl (C=O) groups is 3. The number of hydrogen-bond donors (Lipinski definition) is 2. The standard InChI is InChI=1S/C17H23N3O4/c1-4-24-13-7-5-12(6-8-13)20-10-11(9-14(20)21)15(22)19-17(2,3)16(18)23/h5-8,11H,4,9-10H2,1-3H3,(H2,18,23)(H,19,22)/t11-/m0/s1. The van der Waals surface area contributed by atoms with E-state index in [0.29, 0.717) is 12.3 Å². The van der Waals surface area contributed by atoms with E-state index in [-0.39, 0.29) is 24.8 Å². The number of carbonyl (C=O) groups excluding carboxylic acids is 3. The normalized spacial score (nSPS) is 17.7. The smallest absolute Gasteiger partial charge is 0.242 e. The van der Waals surface area contributed by atoms with E-state index in [1.54, 1.807) is 29.2 Å². The fourth-order valence-electron chi connectivity index (χ4n) is 2.49. The molecule has 0 radical (unpaired) electrons. The van der Waals surface area contributed by atoms with Crippen molar-refractivity contribution in [2.24, 2.45) is 11.7 Å². The quantitative estimate of drug-likeness (QED) is 0.804. The third kappa shape index (κ3) is 3.84. The van der Waals surface area contributed by atoms with Crippen molar-refractivity contribution in [1.29, 1.82) is 0 Å². The second kappa shape index (κ2) is 6.90. The first-order chi connectivity index (χ1) is 11.2. The fraction of sp³-hybridized carbons (Fsp3) is 0.471. The maximum Gasteiger partial charge on any atom is 0.242 e. The van der Waals surface area contributed by atoms with Crippen LogP contribution in [0.1, 0.15) is 27.2 Å². The molecule has 1 aliphatic heterocycles. The molecule has 3 amide bonds. The number of ether oxygens (including phenoxy) is 1. The second-order valence-corrected chi connectivity index (χ2v) is 6.31. The number of nitrogens with two attached hydrogens (primary N) is 1. The minimum atomic E-state index is -1.15. The topological polar surface area (TPSA) is 102 Å². The summed E-state index contributed by atoms with van der Waals surface area (Å²) in [5.41, 5.74) is 4.83. The summed E-state index contributed by atoms with van der Waals surface area (Å²) in [5, 5.41) is 2.60. The SMILES string of the molecule is CCOc1ccc(N2C[C@@H](C(=O)NC(C)(C)C(N)=O)CC2=O)cc1. The van der Waals surface area contributed by atoms with E-state index in [4.69, 9.17) is 10.5 Å². The highest BCUT2D eigenvalue weighted by atomic mass is 16.5. The largest absolute Gasteiger partial charge is 0.494 e. The average Bonchev–Trinajstić information content (AvgIpc) is 2.90. The van der Waals surface area contributed by atoms with Crippen molar-refractivity contribution in [2.75, 3.05) is 18.1 Å². The van der Waals surface area contributed by atoms with Gasteiger partial charge in [0.1, 0.15) is 11.3 Å². The minimum absolute atomic E-state index is 0.105. The van der Waals surface area contributed by atoms with Crippen LogP contribution in [-0.4, -0.2) is 36.4 Å². The molecule has 1 aliphatic rings. The van der Waals surface area contributed by atoms with E-state index in [2.05, 4.69) is 5.32 Å². The predicted octanol–water partition coefficient (Wildman–Crippen LogP) is 0.818. The van der Waals surface area contributed by atoms with Crippen LogP contribution in [0.25, 0.3) is 0 Å². The molecule has 1 aromatic carbocycles. The summed E-state index contributed by atoms with van der Waals surface area (Å²) < 4.78 is 5.38. The Labute approximate surface area is 141 Å². The van der Waals surface area contributed by atoms with Crippen LogP contribution in [0.4, 0.5) is 5.69 Å². The van der Waals surface area contributed by atoms with Crippen LogP contribution in [0.3, 0.4) is 0 Å². The molecule has 3 N–H and O–H groups in total. The molecule has 24 heavy (non-hydrogen) atoms. The molecule has 0 aliphatic carbocycles. The van der Waals surface area contributed by atoms with Gasteiger partial charge in [-0.3, -0.25) is 14.4 Å². The Morgan fingerprint density at radius 2 is 1.96 bits per heavy atom. The van der Waals surface area contributed by atoms with Gasteiger partial charge < -0.3 is 20.7 Å². The molecule has 7 nitrogen and oxygen atoms in total. The Morgan fingerprint density at radius 1 is 1.33 bits per heavy atom.